The van der Waals surface area contributed by atoms with Crippen LogP contribution in [-0.4, -0.2) is 16.1 Å². The Kier molecular flexibility index (Phi) is 3.73. The van der Waals surface area contributed by atoms with Crippen molar-refractivity contribution in [3.8, 4) is 16.5 Å². The van der Waals surface area contributed by atoms with E-state index in [-0.39, 0.29) is 5.91 Å². The molecule has 0 aliphatic heterocycles. The van der Waals surface area contributed by atoms with Gasteiger partial charge in [0.15, 0.2) is 0 Å². The molecule has 2 heterocycles. The summed E-state index contributed by atoms with van der Waals surface area (Å²) >= 11 is 1.43. The van der Waals surface area contributed by atoms with E-state index in [2.05, 4.69) is 21.6 Å². The zero-order chi connectivity index (χ0) is 15.5. The SMILES string of the molecule is Cc1ccc(-c2ccc(C#N)s2)cc1NC(=O)c1ccn[nH]1. The summed E-state index contributed by atoms with van der Waals surface area (Å²) in [6.07, 6.45) is 1.53. The molecule has 5 nitrogen and oxygen atoms in total. The minimum Gasteiger partial charge on any atom is -0.320 e. The van der Waals surface area contributed by atoms with Gasteiger partial charge in [0.2, 0.25) is 0 Å². The van der Waals surface area contributed by atoms with Crippen molar-refractivity contribution < 1.29 is 4.79 Å². The molecule has 1 aromatic carbocycles. The summed E-state index contributed by atoms with van der Waals surface area (Å²) in [6, 6.07) is 13.3. The molecular formula is C16H12N4OS. The fourth-order valence-corrected chi connectivity index (χ4v) is 2.83. The van der Waals surface area contributed by atoms with Crippen LogP contribution < -0.4 is 5.32 Å². The minimum atomic E-state index is -0.235. The molecule has 0 unspecified atom stereocenters. The van der Waals surface area contributed by atoms with Crippen molar-refractivity contribution in [2.75, 3.05) is 5.32 Å². The Hall–Kier alpha value is -2.91. The molecule has 1 amide bonds. The monoisotopic (exact) mass is 308 g/mol. The predicted molar refractivity (Wildman–Crippen MR) is 85.7 cm³/mol. The topological polar surface area (TPSA) is 81.6 Å². The summed E-state index contributed by atoms with van der Waals surface area (Å²) in [4.78, 5) is 13.8. The van der Waals surface area contributed by atoms with E-state index in [0.29, 0.717) is 10.6 Å². The third-order valence-corrected chi connectivity index (χ3v) is 4.27. The van der Waals surface area contributed by atoms with Crippen molar-refractivity contribution in [3.05, 3.63) is 58.7 Å². The van der Waals surface area contributed by atoms with Crippen LogP contribution in [0.25, 0.3) is 10.4 Å². The summed E-state index contributed by atoms with van der Waals surface area (Å²) in [5, 5.41) is 18.2. The third-order valence-electron chi connectivity index (χ3n) is 3.23. The Morgan fingerprint density at radius 1 is 1.32 bits per heavy atom. The number of amides is 1. The smallest absolute Gasteiger partial charge is 0.273 e. The standard InChI is InChI=1S/C16H12N4OS/c1-10-2-3-11(15-5-4-12(9-17)22-15)8-14(10)19-16(21)13-6-7-18-20-13/h2-8H,1H3,(H,18,20)(H,19,21). The van der Waals surface area contributed by atoms with Crippen LogP contribution >= 0.6 is 11.3 Å². The fourth-order valence-electron chi connectivity index (χ4n) is 2.04. The van der Waals surface area contributed by atoms with Crippen LogP contribution in [-0.2, 0) is 0 Å². The van der Waals surface area contributed by atoms with E-state index < -0.39 is 0 Å². The predicted octanol–water partition coefficient (Wildman–Crippen LogP) is 3.57. The van der Waals surface area contributed by atoms with Gasteiger partial charge in [-0.25, -0.2) is 0 Å². The van der Waals surface area contributed by atoms with Crippen LogP contribution in [0.1, 0.15) is 20.9 Å². The van der Waals surface area contributed by atoms with Crippen molar-refractivity contribution in [1.82, 2.24) is 10.2 Å². The zero-order valence-corrected chi connectivity index (χ0v) is 12.6. The minimum absolute atomic E-state index is 0.235. The maximum atomic E-state index is 12.1. The lowest BCUT2D eigenvalue weighted by Gasteiger charge is -2.09. The molecule has 0 spiro atoms. The number of benzene rings is 1. The van der Waals surface area contributed by atoms with E-state index in [1.807, 2.05) is 31.2 Å². The average Bonchev–Trinajstić information content (AvgIpc) is 3.20. The number of carbonyl (C=O) groups is 1. The van der Waals surface area contributed by atoms with Gasteiger partial charge in [0.25, 0.3) is 5.91 Å². The average molecular weight is 308 g/mol. The van der Waals surface area contributed by atoms with Crippen LogP contribution in [0.15, 0.2) is 42.6 Å². The largest absolute Gasteiger partial charge is 0.320 e. The maximum Gasteiger partial charge on any atom is 0.273 e. The number of nitrogens with zero attached hydrogens (tertiary/aromatic N) is 2. The van der Waals surface area contributed by atoms with Crippen LogP contribution in [0.5, 0.6) is 0 Å². The summed E-state index contributed by atoms with van der Waals surface area (Å²) in [7, 11) is 0. The molecule has 0 aliphatic rings. The van der Waals surface area contributed by atoms with Gasteiger partial charge in [-0.3, -0.25) is 9.89 Å². The number of aryl methyl sites for hydroxylation is 1. The Balaban J connectivity index is 1.90. The number of thiophene rings is 1. The van der Waals surface area contributed by atoms with Gasteiger partial charge in [-0.15, -0.1) is 11.3 Å². The molecule has 0 bridgehead atoms. The van der Waals surface area contributed by atoms with Gasteiger partial charge in [0, 0.05) is 16.8 Å². The molecule has 6 heteroatoms. The van der Waals surface area contributed by atoms with Crippen LogP contribution in [0, 0.1) is 18.3 Å². The Morgan fingerprint density at radius 2 is 2.18 bits per heavy atom. The summed E-state index contributed by atoms with van der Waals surface area (Å²) in [5.74, 6) is -0.235. The van der Waals surface area contributed by atoms with Crippen LogP contribution in [0.2, 0.25) is 0 Å². The Morgan fingerprint density at radius 3 is 2.86 bits per heavy atom. The molecule has 0 aliphatic carbocycles. The van der Waals surface area contributed by atoms with Crippen molar-refractivity contribution in [3.63, 3.8) is 0 Å². The molecular weight excluding hydrogens is 296 g/mol. The lowest BCUT2D eigenvalue weighted by molar-refractivity contribution is 0.102. The van der Waals surface area contributed by atoms with Crippen LogP contribution in [0.4, 0.5) is 5.69 Å². The van der Waals surface area contributed by atoms with Gasteiger partial charge >= 0.3 is 0 Å². The quantitative estimate of drug-likeness (QED) is 0.776. The number of carbonyl (C=O) groups excluding carboxylic acids is 1. The molecule has 2 N–H and O–H groups in total. The zero-order valence-electron chi connectivity index (χ0n) is 11.8. The number of aromatic amines is 1. The molecule has 0 fully saturated rings. The maximum absolute atomic E-state index is 12.1. The van der Waals surface area contributed by atoms with Gasteiger partial charge in [0.1, 0.15) is 16.6 Å². The van der Waals surface area contributed by atoms with Crippen molar-refractivity contribution in [1.29, 1.82) is 5.26 Å². The first-order valence-corrected chi connectivity index (χ1v) is 7.41. The molecule has 2 aromatic heterocycles. The first-order valence-electron chi connectivity index (χ1n) is 6.59. The van der Waals surface area contributed by atoms with Gasteiger partial charge in [-0.2, -0.15) is 10.4 Å². The summed E-state index contributed by atoms with van der Waals surface area (Å²) in [5.41, 5.74) is 3.09. The number of anilines is 1. The lowest BCUT2D eigenvalue weighted by Crippen LogP contribution is -2.13. The number of hydrogen-bond acceptors (Lipinski definition) is 4. The molecule has 0 saturated carbocycles. The first-order chi connectivity index (χ1) is 10.7. The molecule has 3 rings (SSSR count). The molecule has 0 atom stereocenters. The van der Waals surface area contributed by atoms with Gasteiger partial charge in [-0.1, -0.05) is 12.1 Å². The molecule has 108 valence electrons. The fraction of sp³-hybridized carbons (Fsp3) is 0.0625. The second-order valence-corrected chi connectivity index (χ2v) is 5.81. The van der Waals surface area contributed by atoms with Crippen LogP contribution in [0.3, 0.4) is 0 Å². The second kappa shape index (κ2) is 5.84. The van der Waals surface area contributed by atoms with Crippen molar-refractivity contribution in [2.45, 2.75) is 6.92 Å². The number of nitriles is 1. The van der Waals surface area contributed by atoms with Gasteiger partial charge < -0.3 is 5.32 Å². The van der Waals surface area contributed by atoms with Gasteiger partial charge in [-0.05, 0) is 42.3 Å². The van der Waals surface area contributed by atoms with E-state index in [9.17, 15) is 4.79 Å². The lowest BCUT2D eigenvalue weighted by atomic mass is 10.1. The summed E-state index contributed by atoms with van der Waals surface area (Å²) in [6.45, 7) is 1.93. The molecule has 0 saturated heterocycles. The number of rotatable bonds is 3. The first kappa shape index (κ1) is 14.0. The van der Waals surface area contributed by atoms with E-state index in [1.54, 1.807) is 12.1 Å². The van der Waals surface area contributed by atoms with E-state index >= 15 is 0 Å². The Bertz CT molecular complexity index is 859. The highest BCUT2D eigenvalue weighted by molar-refractivity contribution is 7.16. The normalized spacial score (nSPS) is 10.2. The van der Waals surface area contributed by atoms with Gasteiger partial charge in [0.05, 0.1) is 0 Å². The summed E-state index contributed by atoms with van der Waals surface area (Å²) < 4.78 is 0. The second-order valence-electron chi connectivity index (χ2n) is 4.73. The van der Waals surface area contributed by atoms with E-state index in [1.165, 1.54) is 17.5 Å². The molecule has 3 aromatic rings. The number of nitrogens with one attached hydrogen (secondary N) is 2. The number of aromatic nitrogens is 2. The highest BCUT2D eigenvalue weighted by Gasteiger charge is 2.10. The van der Waals surface area contributed by atoms with Crippen molar-refractivity contribution in [2.24, 2.45) is 0 Å². The highest BCUT2D eigenvalue weighted by Crippen LogP contribution is 2.31. The van der Waals surface area contributed by atoms with E-state index in [4.69, 9.17) is 5.26 Å². The Labute approximate surface area is 131 Å². The highest BCUT2D eigenvalue weighted by atomic mass is 32.1. The van der Waals surface area contributed by atoms with Crippen molar-refractivity contribution >= 4 is 22.9 Å². The molecule has 0 radical (unpaired) electrons. The van der Waals surface area contributed by atoms with E-state index in [0.717, 1.165) is 21.7 Å². The third kappa shape index (κ3) is 2.75. The number of H-pyrrole nitrogens is 1. The number of hydrogen-bond donors (Lipinski definition) is 2. The molecule has 22 heavy (non-hydrogen) atoms.